The molecule has 0 heterocycles. The van der Waals surface area contributed by atoms with E-state index in [0.717, 1.165) is 27.7 Å². The molecule has 0 aliphatic rings. The first-order chi connectivity index (χ1) is 15.9. The second-order valence-corrected chi connectivity index (χ2v) is 10.2. The van der Waals surface area contributed by atoms with Crippen LogP contribution in [0, 0.1) is 0 Å². The normalized spacial score (nSPS) is 16.8. The molecule has 1 atom stereocenters. The summed E-state index contributed by atoms with van der Waals surface area (Å²) in [5, 5.41) is 0. The Kier molecular flexibility index (Phi) is 10.2. The van der Waals surface area contributed by atoms with E-state index in [1.807, 2.05) is 0 Å². The van der Waals surface area contributed by atoms with Crippen molar-refractivity contribution in [2.45, 2.75) is 106 Å². The predicted molar refractivity (Wildman–Crippen MR) is 94.5 cm³/mol. The number of halogens is 17. The van der Waals surface area contributed by atoms with E-state index in [-0.39, 0.29) is 0 Å². The first-order valence-electron chi connectivity index (χ1n) is 9.87. The molecular formula is C17H21F17O2Si. The zero-order valence-corrected chi connectivity index (χ0v) is 20.4. The van der Waals surface area contributed by atoms with Gasteiger partial charge in [-0.2, -0.15) is 70.2 Å². The Bertz CT molecular complexity index is 757. The Labute approximate surface area is 200 Å². The van der Waals surface area contributed by atoms with Gasteiger partial charge in [0.2, 0.25) is 0 Å². The van der Waals surface area contributed by atoms with E-state index >= 15 is 0 Å². The number of alkyl halides is 17. The summed E-state index contributed by atoms with van der Waals surface area (Å²) in [6.07, 6.45) is -6.73. The van der Waals surface area contributed by atoms with Gasteiger partial charge in [0, 0.05) is 12.2 Å². The molecule has 0 radical (unpaired) electrons. The minimum Gasteiger partial charge on any atom is -0.394 e. The highest BCUT2D eigenvalue weighted by molar-refractivity contribution is 6.44. The van der Waals surface area contributed by atoms with Crippen molar-refractivity contribution in [2.24, 2.45) is 0 Å². The summed E-state index contributed by atoms with van der Waals surface area (Å²) in [4.78, 5) is 0. The van der Waals surface area contributed by atoms with E-state index in [9.17, 15) is 74.6 Å². The SMILES string of the molecule is CC(C)O[SiH](CC(F)(F)C(F)(F)C(F)(F)C(F)(F)C(F)(F)C(F)(F)C(F)(F)C(F)(F)C(C)F)OC(C)C. The Morgan fingerprint density at radius 2 is 0.757 bits per heavy atom. The van der Waals surface area contributed by atoms with Crippen molar-refractivity contribution in [2.75, 3.05) is 0 Å². The van der Waals surface area contributed by atoms with Gasteiger partial charge in [-0.1, -0.05) is 0 Å². The third kappa shape index (κ3) is 5.79. The van der Waals surface area contributed by atoms with Gasteiger partial charge in [-0.05, 0) is 34.6 Å². The van der Waals surface area contributed by atoms with Crippen LogP contribution in [0.1, 0.15) is 34.6 Å². The van der Waals surface area contributed by atoms with Crippen LogP contribution in [-0.2, 0) is 8.85 Å². The standard InChI is InChI=1S/C17H21F17O2Si/c1-7(2)35-37(36-8(3)4)6-10(19,20)12(23,24)14(27,28)16(31,32)17(33,34)15(29,30)13(25,26)11(21,22)9(5)18/h7-9,37H,6H2,1-5H3. The van der Waals surface area contributed by atoms with Crippen LogP contribution in [0.2, 0.25) is 6.04 Å². The molecule has 0 amide bonds. The molecule has 0 aliphatic carbocycles. The molecule has 0 aliphatic heterocycles. The van der Waals surface area contributed by atoms with Crippen LogP contribution in [0.25, 0.3) is 0 Å². The van der Waals surface area contributed by atoms with Crippen LogP contribution < -0.4 is 0 Å². The van der Waals surface area contributed by atoms with Gasteiger partial charge < -0.3 is 8.85 Å². The lowest BCUT2D eigenvalue weighted by molar-refractivity contribution is -0.454. The van der Waals surface area contributed by atoms with E-state index in [4.69, 9.17) is 8.85 Å². The van der Waals surface area contributed by atoms with Crippen LogP contribution in [0.5, 0.6) is 0 Å². The third-order valence-electron chi connectivity index (χ3n) is 4.62. The largest absolute Gasteiger partial charge is 0.394 e. The highest BCUT2D eigenvalue weighted by Crippen LogP contribution is 2.64. The summed E-state index contributed by atoms with van der Waals surface area (Å²) < 4.78 is 242. The van der Waals surface area contributed by atoms with Gasteiger partial charge in [-0.25, -0.2) is 4.39 Å². The molecule has 0 saturated heterocycles. The summed E-state index contributed by atoms with van der Waals surface area (Å²) in [6, 6.07) is -2.64. The molecule has 0 bridgehead atoms. The first kappa shape index (κ1) is 35.9. The summed E-state index contributed by atoms with van der Waals surface area (Å²) in [5.74, 6) is -62.9. The molecule has 20 heteroatoms. The van der Waals surface area contributed by atoms with Crippen molar-refractivity contribution >= 4 is 9.28 Å². The Morgan fingerprint density at radius 1 is 0.486 bits per heavy atom. The van der Waals surface area contributed by atoms with Crippen molar-refractivity contribution in [3.8, 4) is 0 Å². The van der Waals surface area contributed by atoms with Crippen molar-refractivity contribution < 1.29 is 83.5 Å². The van der Waals surface area contributed by atoms with Crippen LogP contribution in [0.15, 0.2) is 0 Å². The zero-order valence-electron chi connectivity index (χ0n) is 19.3. The van der Waals surface area contributed by atoms with Gasteiger partial charge in [0.1, 0.15) is 0 Å². The minimum atomic E-state index is -8.58. The van der Waals surface area contributed by atoms with Gasteiger partial charge in [0.05, 0.1) is 6.04 Å². The minimum absolute atomic E-state index is 0.637. The lowest BCUT2D eigenvalue weighted by atomic mass is 9.87. The predicted octanol–water partition coefficient (Wildman–Crippen LogP) is 7.50. The third-order valence-corrected chi connectivity index (χ3v) is 7.16. The van der Waals surface area contributed by atoms with E-state index in [1.54, 1.807) is 0 Å². The molecule has 0 rings (SSSR count). The Morgan fingerprint density at radius 3 is 1.03 bits per heavy atom. The Balaban J connectivity index is 6.73. The molecule has 2 nitrogen and oxygen atoms in total. The molecule has 0 aromatic carbocycles. The molecule has 0 aromatic heterocycles. The maximum Gasteiger partial charge on any atom is 0.385 e. The monoisotopic (exact) mass is 608 g/mol. The van der Waals surface area contributed by atoms with Gasteiger partial charge in [-0.15, -0.1) is 0 Å². The molecule has 0 aromatic rings. The molecule has 0 saturated carbocycles. The van der Waals surface area contributed by atoms with Crippen LogP contribution >= 0.6 is 0 Å². The van der Waals surface area contributed by atoms with Crippen LogP contribution in [-0.4, -0.2) is 75.0 Å². The average molecular weight is 608 g/mol. The van der Waals surface area contributed by atoms with E-state index < -0.39 is 88.0 Å². The van der Waals surface area contributed by atoms with Crippen molar-refractivity contribution in [3.05, 3.63) is 0 Å². The number of rotatable bonds is 14. The van der Waals surface area contributed by atoms with E-state index in [1.165, 1.54) is 0 Å². The van der Waals surface area contributed by atoms with Crippen molar-refractivity contribution in [1.29, 1.82) is 0 Å². The maximum atomic E-state index is 14.2. The second-order valence-electron chi connectivity index (χ2n) is 8.39. The molecule has 0 spiro atoms. The lowest BCUT2D eigenvalue weighted by Gasteiger charge is -2.44. The summed E-state index contributed by atoms with van der Waals surface area (Å²) in [6.45, 7) is 3.75. The summed E-state index contributed by atoms with van der Waals surface area (Å²) in [7, 11) is -4.24. The van der Waals surface area contributed by atoms with Crippen LogP contribution in [0.4, 0.5) is 74.6 Å². The lowest BCUT2D eigenvalue weighted by Crippen LogP contribution is -2.75. The number of hydrogen-bond acceptors (Lipinski definition) is 2. The number of hydrogen-bond donors (Lipinski definition) is 0. The van der Waals surface area contributed by atoms with Crippen molar-refractivity contribution in [1.82, 2.24) is 0 Å². The van der Waals surface area contributed by atoms with E-state index in [2.05, 4.69) is 0 Å². The zero-order chi connectivity index (χ0) is 30.4. The molecular weight excluding hydrogens is 587 g/mol. The molecule has 224 valence electrons. The quantitative estimate of drug-likeness (QED) is 0.150. The second kappa shape index (κ2) is 10.5. The first-order valence-corrected chi connectivity index (χ1v) is 11.6. The molecule has 1 unspecified atom stereocenters. The Hall–Kier alpha value is -1.05. The smallest absolute Gasteiger partial charge is 0.385 e. The average Bonchev–Trinajstić information content (AvgIpc) is 2.65. The van der Waals surface area contributed by atoms with Gasteiger partial charge in [-0.3, -0.25) is 0 Å². The molecule has 0 N–H and O–H groups in total. The highest BCUT2D eigenvalue weighted by atomic mass is 28.3. The maximum absolute atomic E-state index is 14.2. The van der Waals surface area contributed by atoms with Gasteiger partial charge >= 0.3 is 56.7 Å². The molecule has 37 heavy (non-hydrogen) atoms. The van der Waals surface area contributed by atoms with Gasteiger partial charge in [0.25, 0.3) is 0 Å². The fourth-order valence-corrected chi connectivity index (χ4v) is 4.70. The fraction of sp³-hybridized carbons (Fsp3) is 1.00. The summed E-state index contributed by atoms with van der Waals surface area (Å²) >= 11 is 0. The summed E-state index contributed by atoms with van der Waals surface area (Å²) in [5.41, 5.74) is 0. The van der Waals surface area contributed by atoms with Gasteiger partial charge in [0.15, 0.2) is 6.17 Å². The molecule has 0 fully saturated rings. The topological polar surface area (TPSA) is 18.5 Å². The van der Waals surface area contributed by atoms with E-state index in [0.29, 0.717) is 0 Å². The fourth-order valence-electron chi connectivity index (χ4n) is 2.55. The van der Waals surface area contributed by atoms with Crippen molar-refractivity contribution in [3.63, 3.8) is 0 Å². The van der Waals surface area contributed by atoms with Crippen LogP contribution in [0.3, 0.4) is 0 Å². The highest BCUT2D eigenvalue weighted by Gasteiger charge is 2.95.